The van der Waals surface area contributed by atoms with Crippen LogP contribution in [0.25, 0.3) is 10.9 Å². The van der Waals surface area contributed by atoms with E-state index in [9.17, 15) is 23.2 Å². The first-order valence-corrected chi connectivity index (χ1v) is 20.9. The molecule has 6 rings (SSSR count). The Morgan fingerprint density at radius 2 is 1.84 bits per heavy atom. The molecule has 18 heteroatoms. The van der Waals surface area contributed by atoms with Gasteiger partial charge >= 0.3 is 5.97 Å². The number of nitrogens with zero attached hydrogens (tertiary/aromatic N) is 7. The zero-order valence-corrected chi connectivity index (χ0v) is 35.3. The number of aldehydes is 1. The van der Waals surface area contributed by atoms with E-state index in [1.807, 2.05) is 13.1 Å². The van der Waals surface area contributed by atoms with Gasteiger partial charge in [0.05, 0.1) is 55.2 Å². The number of likely N-dealkylation sites (N-methyl/N-ethyl adjacent to an activating group) is 1. The number of ether oxygens (including phenoxy) is 4. The van der Waals surface area contributed by atoms with Crippen LogP contribution in [0, 0.1) is 35.4 Å². The smallest absolute Gasteiger partial charge is 0.306 e. The van der Waals surface area contributed by atoms with Gasteiger partial charge in [0.25, 0.3) is 0 Å². The third-order valence-electron chi connectivity index (χ3n) is 10.6. The number of thioether (sulfide) groups is 1. The summed E-state index contributed by atoms with van der Waals surface area (Å²) in [5.74, 6) is -3.42. The summed E-state index contributed by atoms with van der Waals surface area (Å²) in [5, 5.41) is 12.1. The minimum absolute atomic E-state index is 0.0488. The van der Waals surface area contributed by atoms with Crippen LogP contribution in [0.1, 0.15) is 52.4 Å². The Morgan fingerprint density at radius 1 is 1.06 bits per heavy atom. The van der Waals surface area contributed by atoms with Crippen LogP contribution < -0.4 is 4.74 Å². The van der Waals surface area contributed by atoms with Crippen molar-refractivity contribution in [3.8, 4) is 11.8 Å². The van der Waals surface area contributed by atoms with Gasteiger partial charge in [0.1, 0.15) is 42.5 Å². The maximum absolute atomic E-state index is 16.2. The lowest BCUT2D eigenvalue weighted by atomic mass is 9.89. The van der Waals surface area contributed by atoms with Gasteiger partial charge in [-0.3, -0.25) is 14.4 Å². The Labute approximate surface area is 366 Å². The molecule has 0 radical (unpaired) electrons. The fourth-order valence-electron chi connectivity index (χ4n) is 7.04. The van der Waals surface area contributed by atoms with Crippen molar-refractivity contribution in [1.82, 2.24) is 24.6 Å². The molecule has 1 aromatic heterocycles. The van der Waals surface area contributed by atoms with Gasteiger partial charge in [0.2, 0.25) is 11.6 Å². The van der Waals surface area contributed by atoms with Crippen molar-refractivity contribution in [2.24, 2.45) is 0 Å². The van der Waals surface area contributed by atoms with Crippen LogP contribution in [0.5, 0.6) is 5.75 Å². The van der Waals surface area contributed by atoms with Crippen LogP contribution in [-0.2, 0) is 42.6 Å². The van der Waals surface area contributed by atoms with Crippen LogP contribution in [0.3, 0.4) is 0 Å². The summed E-state index contributed by atoms with van der Waals surface area (Å²) in [5.41, 5.74) is -1.49. The number of carbonyl (C=O) groups is 3. The van der Waals surface area contributed by atoms with E-state index < -0.39 is 47.2 Å². The highest BCUT2D eigenvalue weighted by Crippen LogP contribution is 2.46. The van der Waals surface area contributed by atoms with Crippen molar-refractivity contribution >= 4 is 41.7 Å². The van der Waals surface area contributed by atoms with Gasteiger partial charge in [-0.2, -0.15) is 10.4 Å². The highest BCUT2D eigenvalue weighted by atomic mass is 32.2. The number of allylic oxidation sites excluding steroid dienone is 2. The van der Waals surface area contributed by atoms with E-state index in [0.717, 1.165) is 25.2 Å². The van der Waals surface area contributed by atoms with Gasteiger partial charge in [-0.15, -0.1) is 11.8 Å². The molecule has 14 nitrogen and oxygen atoms in total. The lowest BCUT2D eigenvalue weighted by molar-refractivity contribution is -0.147. The lowest BCUT2D eigenvalue weighted by Crippen LogP contribution is -2.48. The van der Waals surface area contributed by atoms with E-state index in [4.69, 9.17) is 30.8 Å². The number of esters is 1. The maximum Gasteiger partial charge on any atom is 0.306 e. The third kappa shape index (κ3) is 11.8. The lowest BCUT2D eigenvalue weighted by Gasteiger charge is -2.42. The Bertz CT molecular complexity index is 2410. The molecule has 2 fully saturated rings. The molecule has 0 N–H and O–H groups in total. The minimum Gasteiger partial charge on any atom is -0.490 e. The molecule has 0 unspecified atom stereocenters. The van der Waals surface area contributed by atoms with E-state index in [1.54, 1.807) is 30.1 Å². The van der Waals surface area contributed by atoms with Crippen molar-refractivity contribution in [1.29, 1.82) is 5.26 Å². The number of amides is 1. The summed E-state index contributed by atoms with van der Waals surface area (Å²) in [4.78, 5) is 50.0. The molecule has 3 aromatic carbocycles. The van der Waals surface area contributed by atoms with Crippen molar-refractivity contribution in [3.05, 3.63) is 136 Å². The fraction of sp³-hybridized carbons (Fsp3) is 0.356. The topological polar surface area (TPSA) is 153 Å². The first-order chi connectivity index (χ1) is 30.4. The second kappa shape index (κ2) is 21.7. The van der Waals surface area contributed by atoms with Crippen LogP contribution in [0.2, 0.25) is 0 Å². The van der Waals surface area contributed by atoms with Crippen molar-refractivity contribution < 1.29 is 46.5 Å². The molecular weight excluding hydrogens is 840 g/mol. The number of benzene rings is 3. The second-order valence-corrected chi connectivity index (χ2v) is 16.4. The van der Waals surface area contributed by atoms with Crippen LogP contribution in [0.4, 0.5) is 18.9 Å². The number of aromatic nitrogens is 3. The molecule has 0 aliphatic carbocycles. The largest absolute Gasteiger partial charge is 0.490 e. The van der Waals surface area contributed by atoms with Crippen molar-refractivity contribution in [2.75, 3.05) is 46.4 Å². The summed E-state index contributed by atoms with van der Waals surface area (Å²) < 4.78 is 70.6. The van der Waals surface area contributed by atoms with E-state index >= 15 is 4.39 Å². The molecule has 2 atom stereocenters. The number of nitriles is 1. The Kier molecular flexibility index (Phi) is 15.9. The molecule has 0 bridgehead atoms. The summed E-state index contributed by atoms with van der Waals surface area (Å²) in [6, 6.07) is 11.9. The Balaban J connectivity index is 1.23. The zero-order chi connectivity index (χ0) is 44.9. The van der Waals surface area contributed by atoms with Gasteiger partial charge in [-0.1, -0.05) is 36.4 Å². The van der Waals surface area contributed by atoms with Gasteiger partial charge in [0.15, 0.2) is 18.2 Å². The highest BCUT2D eigenvalue weighted by Gasteiger charge is 2.46. The maximum atomic E-state index is 16.2. The molecule has 0 spiro atoms. The summed E-state index contributed by atoms with van der Waals surface area (Å²) in [7, 11) is 1.97. The molecule has 3 heterocycles. The predicted molar refractivity (Wildman–Crippen MR) is 226 cm³/mol. The number of piperazine rings is 1. The molecule has 2 aliphatic heterocycles. The molecule has 4 aromatic rings. The molecule has 1 amide bonds. The van der Waals surface area contributed by atoms with Crippen LogP contribution in [-0.4, -0.2) is 106 Å². The zero-order valence-electron chi connectivity index (χ0n) is 34.5. The molecule has 328 valence electrons. The normalized spacial score (nSPS) is 18.4. The average molecular weight is 884 g/mol. The first kappa shape index (κ1) is 46.2. The molecule has 2 saturated heterocycles. The van der Waals surface area contributed by atoms with E-state index in [0.29, 0.717) is 31.0 Å². The molecule has 0 saturated carbocycles. The van der Waals surface area contributed by atoms with Crippen LogP contribution >= 0.6 is 11.8 Å². The van der Waals surface area contributed by atoms with Gasteiger partial charge in [-0.05, 0) is 44.3 Å². The quantitative estimate of drug-likeness (QED) is 0.0484. The fourth-order valence-corrected chi connectivity index (χ4v) is 8.40. The predicted octanol–water partition coefficient (Wildman–Crippen LogP) is 6.64. The van der Waals surface area contributed by atoms with Crippen molar-refractivity contribution in [3.63, 3.8) is 0 Å². The monoisotopic (exact) mass is 883 g/mol. The summed E-state index contributed by atoms with van der Waals surface area (Å²) >= 11 is 1.30. The van der Waals surface area contributed by atoms with E-state index in [2.05, 4.69) is 19.8 Å². The third-order valence-corrected chi connectivity index (χ3v) is 12.0. The van der Waals surface area contributed by atoms with Gasteiger partial charge in [0, 0.05) is 60.6 Å². The molecule has 2 aliphatic rings. The summed E-state index contributed by atoms with van der Waals surface area (Å²) in [6.07, 6.45) is 8.54. The molecular formula is C45H44F3N7O7S. The van der Waals surface area contributed by atoms with Gasteiger partial charge < -0.3 is 28.7 Å². The van der Waals surface area contributed by atoms with E-state index in [-0.39, 0.29) is 77.4 Å². The SMILES string of the molecule is [C-]#[N+]c1ccc(COC(=O)CCC(=O)N2CCN(C)CC2)c(C=O)c1O[C@@](Cn1cncn1)(c1ccc(F)cc1F)[C@@H](C)SC1COC(/C=C/C=C/c2ccc(C#N)cc2F)OC1. The molecule has 63 heavy (non-hydrogen) atoms. The van der Waals surface area contributed by atoms with Crippen LogP contribution in [0.15, 0.2) is 79.4 Å². The first-order valence-electron chi connectivity index (χ1n) is 19.9. The van der Waals surface area contributed by atoms with E-state index in [1.165, 1.54) is 65.5 Å². The Hall–Kier alpha value is -6.31. The minimum atomic E-state index is -1.82. The average Bonchev–Trinajstić information content (AvgIpc) is 3.80. The Morgan fingerprint density at radius 3 is 2.51 bits per heavy atom. The number of hydrogen-bond acceptors (Lipinski definition) is 12. The van der Waals surface area contributed by atoms with Gasteiger partial charge in [-0.25, -0.2) is 27.7 Å². The number of hydrogen-bond donors (Lipinski definition) is 0. The second-order valence-electron chi connectivity index (χ2n) is 14.8. The number of carbonyl (C=O) groups excluding carboxylic acids is 3. The standard InChI is InChI=1S/C45H44F3N7O7S/c1-30(63-35-25-60-43(61-26-35)7-5-4-6-32-9-8-31(22-49)20-38(32)47)45(27-55-29-51-28-52-55,37-12-11-34(46)21-39(37)48)62-44-36(23-56)33(10-13-40(44)50-2)24-59-42(58)15-14-41(57)54-18-16-53(3)17-19-54/h4-13,20-21,23,28-30,35,43H,14-19,24-27H2,1,3H3/b6-4+,7-5+/t30-,35?,43?,45-/m1/s1. The number of rotatable bonds is 17. The number of halogens is 3. The van der Waals surface area contributed by atoms with Crippen molar-refractivity contribution in [2.45, 2.75) is 55.3 Å². The summed E-state index contributed by atoms with van der Waals surface area (Å²) in [6.45, 7) is 12.0. The highest BCUT2D eigenvalue weighted by molar-refractivity contribution is 8.00.